The lowest BCUT2D eigenvalue weighted by Gasteiger charge is -2.27. The SMILES string of the molecule is N[N+]12C=CN=CC1=C(C1CCOCC1)N=C2c1ccc(C(=O)Nc2cc(C(F)(F)F)ccn2)cc1. The van der Waals surface area contributed by atoms with Crippen LogP contribution in [0.5, 0.6) is 0 Å². The molecule has 0 radical (unpaired) electrons. The van der Waals surface area contributed by atoms with E-state index in [1.165, 1.54) is 0 Å². The third-order valence-corrected chi connectivity index (χ3v) is 6.16. The maximum atomic E-state index is 12.9. The molecule has 1 atom stereocenters. The van der Waals surface area contributed by atoms with E-state index in [0.29, 0.717) is 24.6 Å². The fraction of sp³-hybridized carbons (Fsp3) is 0.250. The molecule has 11 heteroatoms. The first-order chi connectivity index (χ1) is 16.8. The third-order valence-electron chi connectivity index (χ3n) is 6.16. The van der Waals surface area contributed by atoms with E-state index in [1.54, 1.807) is 42.9 Å². The highest BCUT2D eigenvalue weighted by Crippen LogP contribution is 2.37. The van der Waals surface area contributed by atoms with Gasteiger partial charge in [-0.3, -0.25) is 9.79 Å². The smallest absolute Gasteiger partial charge is 0.381 e. The van der Waals surface area contributed by atoms with Crippen molar-refractivity contribution >= 4 is 23.8 Å². The lowest BCUT2D eigenvalue weighted by molar-refractivity contribution is -0.750. The second-order valence-corrected chi connectivity index (χ2v) is 8.41. The number of rotatable bonds is 4. The van der Waals surface area contributed by atoms with Gasteiger partial charge in [0.1, 0.15) is 17.7 Å². The fourth-order valence-electron chi connectivity index (χ4n) is 4.31. The normalized spacial score (nSPS) is 22.2. The standard InChI is InChI=1S/C24H21F3N6O2/c25-24(26,27)18-5-8-30-20(13-18)31-23(34)17-3-1-16(2-4-17)22-32-21(15-6-11-35-12-7-15)19-14-29-9-10-33(19,22)28/h1-5,8-10,13-15H,6-7,11-12,28H2/p+1. The molecule has 3 aliphatic rings. The molecule has 3 N–H and O–H groups in total. The van der Waals surface area contributed by atoms with E-state index < -0.39 is 17.6 Å². The highest BCUT2D eigenvalue weighted by Gasteiger charge is 2.45. The lowest BCUT2D eigenvalue weighted by atomic mass is 9.95. The number of nitrogens with two attached hydrogens (primary N) is 1. The highest BCUT2D eigenvalue weighted by atomic mass is 19.4. The number of anilines is 1. The van der Waals surface area contributed by atoms with Gasteiger partial charge in [-0.15, -0.1) is 4.59 Å². The van der Waals surface area contributed by atoms with Crippen molar-refractivity contribution in [2.45, 2.75) is 19.0 Å². The maximum absolute atomic E-state index is 12.9. The molecule has 0 saturated carbocycles. The average molecular weight is 483 g/mol. The van der Waals surface area contributed by atoms with Crippen molar-refractivity contribution in [2.75, 3.05) is 18.5 Å². The largest absolute Gasteiger partial charge is 0.416 e. The Labute approximate surface area is 198 Å². The van der Waals surface area contributed by atoms with Gasteiger partial charge in [0.2, 0.25) is 5.70 Å². The molecule has 1 unspecified atom stereocenters. The summed E-state index contributed by atoms with van der Waals surface area (Å²) in [6.45, 7) is 1.32. The molecular weight excluding hydrogens is 461 g/mol. The molecule has 1 saturated heterocycles. The number of aromatic nitrogens is 1. The van der Waals surface area contributed by atoms with Gasteiger partial charge < -0.3 is 10.1 Å². The molecule has 0 bridgehead atoms. The van der Waals surface area contributed by atoms with Crippen LogP contribution in [0.4, 0.5) is 19.0 Å². The summed E-state index contributed by atoms with van der Waals surface area (Å²) in [5, 5.41) is 2.40. The van der Waals surface area contributed by atoms with Crippen molar-refractivity contribution < 1.29 is 27.3 Å². The molecule has 2 aromatic rings. The topological polar surface area (TPSA) is 102 Å². The highest BCUT2D eigenvalue weighted by molar-refractivity contribution is 6.05. The van der Waals surface area contributed by atoms with Crippen molar-refractivity contribution in [1.82, 2.24) is 4.98 Å². The number of alkyl halides is 3. The van der Waals surface area contributed by atoms with Crippen molar-refractivity contribution in [3.63, 3.8) is 0 Å². The van der Waals surface area contributed by atoms with Crippen LogP contribution in [0.25, 0.3) is 0 Å². The number of hydrogen-bond acceptors (Lipinski definition) is 6. The van der Waals surface area contributed by atoms with E-state index in [0.717, 1.165) is 42.6 Å². The Hall–Kier alpha value is -3.67. The van der Waals surface area contributed by atoms with Gasteiger partial charge in [0.25, 0.3) is 11.7 Å². The number of allylic oxidation sites excluding steroid dienone is 2. The van der Waals surface area contributed by atoms with Crippen LogP contribution >= 0.6 is 0 Å². The zero-order chi connectivity index (χ0) is 24.6. The summed E-state index contributed by atoms with van der Waals surface area (Å²) in [5.41, 5.74) is 1.75. The molecule has 3 aliphatic heterocycles. The fourth-order valence-corrected chi connectivity index (χ4v) is 4.31. The Bertz CT molecular complexity index is 1280. The molecule has 1 amide bonds. The number of hydrogen-bond donors (Lipinski definition) is 2. The number of amides is 1. The van der Waals surface area contributed by atoms with Gasteiger partial charge in [-0.1, -0.05) is 0 Å². The molecule has 1 aromatic heterocycles. The molecule has 5 rings (SSSR count). The number of ether oxygens (including phenoxy) is 1. The number of halogens is 3. The summed E-state index contributed by atoms with van der Waals surface area (Å²) in [6, 6.07) is 8.20. The zero-order valence-corrected chi connectivity index (χ0v) is 18.5. The van der Waals surface area contributed by atoms with Crippen LogP contribution in [0, 0.1) is 5.92 Å². The van der Waals surface area contributed by atoms with Crippen LogP contribution in [-0.2, 0) is 10.9 Å². The van der Waals surface area contributed by atoms with Gasteiger partial charge in [0, 0.05) is 30.9 Å². The number of fused-ring (bicyclic) bond motifs is 1. The molecule has 1 aromatic carbocycles. The second-order valence-electron chi connectivity index (χ2n) is 8.41. The Kier molecular flexibility index (Phi) is 5.83. The maximum Gasteiger partial charge on any atom is 0.416 e. The van der Waals surface area contributed by atoms with Gasteiger partial charge >= 0.3 is 6.18 Å². The van der Waals surface area contributed by atoms with Crippen molar-refractivity contribution in [1.29, 1.82) is 0 Å². The summed E-state index contributed by atoms with van der Waals surface area (Å²) < 4.78 is 44.1. The predicted octanol–water partition coefficient (Wildman–Crippen LogP) is 4.00. The first-order valence-corrected chi connectivity index (χ1v) is 11.0. The Balaban J connectivity index is 1.38. The van der Waals surface area contributed by atoms with E-state index in [9.17, 15) is 18.0 Å². The molecule has 180 valence electrons. The van der Waals surface area contributed by atoms with Crippen LogP contribution < -0.4 is 11.2 Å². The monoisotopic (exact) mass is 483 g/mol. The van der Waals surface area contributed by atoms with Gasteiger partial charge in [-0.25, -0.2) is 4.98 Å². The summed E-state index contributed by atoms with van der Waals surface area (Å²) in [4.78, 5) is 25.6. The summed E-state index contributed by atoms with van der Waals surface area (Å²) in [5.74, 6) is 6.78. The van der Waals surface area contributed by atoms with Crippen LogP contribution in [0.3, 0.4) is 0 Å². The Morgan fingerprint density at radius 2 is 1.89 bits per heavy atom. The van der Waals surface area contributed by atoms with E-state index in [1.807, 2.05) is 0 Å². The number of aliphatic imine (C=N–C) groups is 2. The number of amidine groups is 1. The number of carbonyl (C=O) groups is 1. The minimum atomic E-state index is -4.53. The molecule has 35 heavy (non-hydrogen) atoms. The van der Waals surface area contributed by atoms with Gasteiger partial charge in [0.05, 0.1) is 23.5 Å². The number of nitrogens with zero attached hydrogens (tertiary/aromatic N) is 4. The third kappa shape index (κ3) is 4.41. The molecule has 0 spiro atoms. The summed E-state index contributed by atoms with van der Waals surface area (Å²) in [7, 11) is 0. The molecular formula is C24H22F3N6O2+. The minimum Gasteiger partial charge on any atom is -0.381 e. The van der Waals surface area contributed by atoms with Gasteiger partial charge in [0.15, 0.2) is 0 Å². The van der Waals surface area contributed by atoms with E-state index in [4.69, 9.17) is 15.6 Å². The zero-order valence-electron chi connectivity index (χ0n) is 18.5. The first-order valence-electron chi connectivity index (χ1n) is 11.0. The van der Waals surface area contributed by atoms with E-state index in [-0.39, 0.29) is 21.9 Å². The van der Waals surface area contributed by atoms with Crippen molar-refractivity contribution in [3.8, 4) is 0 Å². The molecule has 0 aliphatic carbocycles. The lowest BCUT2D eigenvalue weighted by Crippen LogP contribution is -2.53. The average Bonchev–Trinajstić information content (AvgIpc) is 3.17. The number of benzene rings is 1. The van der Waals surface area contributed by atoms with Crippen LogP contribution in [0.1, 0.15) is 34.3 Å². The van der Waals surface area contributed by atoms with E-state index in [2.05, 4.69) is 15.3 Å². The second kappa shape index (κ2) is 8.84. The van der Waals surface area contributed by atoms with Gasteiger partial charge in [-0.2, -0.15) is 24.0 Å². The van der Waals surface area contributed by atoms with Crippen LogP contribution in [0.15, 0.2) is 76.4 Å². The Morgan fingerprint density at radius 3 is 2.60 bits per heavy atom. The van der Waals surface area contributed by atoms with Crippen LogP contribution in [-0.4, -0.2) is 40.7 Å². The van der Waals surface area contributed by atoms with E-state index >= 15 is 0 Å². The summed E-state index contributed by atoms with van der Waals surface area (Å²) in [6.07, 6.45) is 3.25. The van der Waals surface area contributed by atoms with Gasteiger partial charge in [-0.05, 0) is 49.2 Å². The number of pyridine rings is 1. The predicted molar refractivity (Wildman–Crippen MR) is 123 cm³/mol. The minimum absolute atomic E-state index is 0.129. The molecule has 1 fully saturated rings. The molecule has 4 heterocycles. The first kappa shape index (κ1) is 23.1. The number of carbonyl (C=O) groups excluding carboxylic acids is 1. The quantitative estimate of drug-likeness (QED) is 0.507. The van der Waals surface area contributed by atoms with Crippen molar-refractivity contribution in [2.24, 2.45) is 21.7 Å². The summed E-state index contributed by atoms with van der Waals surface area (Å²) >= 11 is 0. The van der Waals surface area contributed by atoms with Crippen LogP contribution in [0.2, 0.25) is 0 Å². The number of nitrogens with one attached hydrogen (secondary N) is 1. The molecule has 8 nitrogen and oxygen atoms in total. The Morgan fingerprint density at radius 1 is 1.14 bits per heavy atom. The number of quaternary nitrogens is 1. The van der Waals surface area contributed by atoms with Crippen molar-refractivity contribution in [3.05, 3.63) is 83.1 Å².